The molecule has 4 aromatic rings. The highest BCUT2D eigenvalue weighted by Gasteiger charge is 2.33. The van der Waals surface area contributed by atoms with Crippen LogP contribution in [0.1, 0.15) is 21.1 Å². The van der Waals surface area contributed by atoms with Crippen LogP contribution in [0.4, 0.5) is 8.78 Å². The summed E-state index contributed by atoms with van der Waals surface area (Å²) in [6, 6.07) is 9.34. The molecule has 0 radical (unpaired) electrons. The molecule has 0 saturated heterocycles. The van der Waals surface area contributed by atoms with Crippen molar-refractivity contribution in [2.45, 2.75) is 11.9 Å². The molecule has 27 heavy (non-hydrogen) atoms. The second kappa shape index (κ2) is 6.75. The van der Waals surface area contributed by atoms with Crippen molar-refractivity contribution < 1.29 is 18.0 Å². The summed E-state index contributed by atoms with van der Waals surface area (Å²) in [6.45, 7) is 0.313. The van der Waals surface area contributed by atoms with Crippen LogP contribution in [-0.4, -0.2) is 20.5 Å². The Bertz CT molecular complexity index is 1090. The maximum atomic E-state index is 13.9. The molecule has 0 aromatic carbocycles. The third-order valence-corrected chi connectivity index (χ3v) is 4.80. The van der Waals surface area contributed by atoms with Gasteiger partial charge in [0.15, 0.2) is 17.1 Å². The molecule has 4 aromatic heterocycles. The molecule has 0 aliphatic carbocycles. The number of hydrogen-bond acceptors (Lipinski definition) is 5. The molecule has 0 aliphatic rings. The van der Waals surface area contributed by atoms with Gasteiger partial charge in [-0.3, -0.25) is 4.79 Å². The number of carbonyl (C=O) groups is 1. The fourth-order valence-corrected chi connectivity index (χ4v) is 3.29. The van der Waals surface area contributed by atoms with Crippen LogP contribution in [0.3, 0.4) is 0 Å². The lowest BCUT2D eigenvalue weighted by atomic mass is 10.2. The minimum absolute atomic E-state index is 0.0437. The van der Waals surface area contributed by atoms with Crippen LogP contribution >= 0.6 is 22.9 Å². The lowest BCUT2D eigenvalue weighted by Gasteiger charge is -2.11. The Morgan fingerprint density at radius 1 is 1.33 bits per heavy atom. The standard InChI is InChI=1S/C17H11ClF2N4O2S/c18-17(19,20)14-7-11(13-4-1-5-26-13)22-15-8-12(23-24(14)15)16(25)21-9-10-3-2-6-27-10/h1-8H,9H2,(H,21,25). The first-order valence-corrected chi connectivity index (χ1v) is 9.00. The average Bonchev–Trinajstić information content (AvgIpc) is 3.38. The van der Waals surface area contributed by atoms with Gasteiger partial charge in [0.2, 0.25) is 0 Å². The van der Waals surface area contributed by atoms with E-state index in [9.17, 15) is 13.6 Å². The first kappa shape index (κ1) is 17.6. The molecule has 0 unspecified atom stereocenters. The van der Waals surface area contributed by atoms with Gasteiger partial charge in [-0.2, -0.15) is 13.9 Å². The average molecular weight is 409 g/mol. The zero-order chi connectivity index (χ0) is 19.0. The van der Waals surface area contributed by atoms with Crippen molar-refractivity contribution in [2.75, 3.05) is 0 Å². The van der Waals surface area contributed by atoms with Crippen molar-refractivity contribution >= 4 is 34.5 Å². The van der Waals surface area contributed by atoms with Gasteiger partial charge in [-0.25, -0.2) is 9.50 Å². The highest BCUT2D eigenvalue weighted by Crippen LogP contribution is 2.34. The van der Waals surface area contributed by atoms with Crippen molar-refractivity contribution in [1.29, 1.82) is 0 Å². The molecule has 1 amide bonds. The third kappa shape index (κ3) is 3.56. The maximum Gasteiger partial charge on any atom is 0.364 e. The van der Waals surface area contributed by atoms with Crippen LogP contribution in [0.2, 0.25) is 0 Å². The van der Waals surface area contributed by atoms with Gasteiger partial charge >= 0.3 is 5.38 Å². The molecular weight excluding hydrogens is 398 g/mol. The lowest BCUT2D eigenvalue weighted by molar-refractivity contribution is 0.0866. The Labute approximate surface area is 160 Å². The number of carbonyl (C=O) groups excluding carboxylic acids is 1. The lowest BCUT2D eigenvalue weighted by Crippen LogP contribution is -2.23. The van der Waals surface area contributed by atoms with Crippen LogP contribution in [-0.2, 0) is 11.9 Å². The second-order valence-electron chi connectivity index (χ2n) is 5.56. The van der Waals surface area contributed by atoms with Gasteiger partial charge in [-0.1, -0.05) is 6.07 Å². The number of rotatable bonds is 5. The van der Waals surface area contributed by atoms with E-state index in [0.29, 0.717) is 12.3 Å². The number of nitrogens with zero attached hydrogens (tertiary/aromatic N) is 3. The molecule has 1 N–H and O–H groups in total. The molecule has 10 heteroatoms. The fourth-order valence-electron chi connectivity index (χ4n) is 2.51. The van der Waals surface area contributed by atoms with Crippen LogP contribution in [0.15, 0.2) is 52.5 Å². The number of thiophene rings is 1. The first-order valence-electron chi connectivity index (χ1n) is 7.74. The fraction of sp³-hybridized carbons (Fsp3) is 0.118. The topological polar surface area (TPSA) is 72.4 Å². The predicted octanol–water partition coefficient (Wildman–Crippen LogP) is 4.27. The summed E-state index contributed by atoms with van der Waals surface area (Å²) in [5.74, 6) is -0.207. The molecule has 0 bridgehead atoms. The summed E-state index contributed by atoms with van der Waals surface area (Å²) in [6.07, 6.45) is 1.40. The van der Waals surface area contributed by atoms with Crippen LogP contribution in [0.25, 0.3) is 17.1 Å². The summed E-state index contributed by atoms with van der Waals surface area (Å²) < 4.78 is 33.9. The summed E-state index contributed by atoms with van der Waals surface area (Å²) in [5, 5.41) is 4.82. The van der Waals surface area contributed by atoms with Crippen LogP contribution < -0.4 is 5.32 Å². The minimum atomic E-state index is -3.71. The Morgan fingerprint density at radius 2 is 2.19 bits per heavy atom. The van der Waals surface area contributed by atoms with Gasteiger partial charge in [-0.15, -0.1) is 11.3 Å². The summed E-state index contributed by atoms with van der Waals surface area (Å²) in [5.41, 5.74) is -0.440. The SMILES string of the molecule is O=C(NCc1cccs1)c1cc2nc(-c3ccco3)cc(C(F)(F)Cl)n2n1. The Hall–Kier alpha value is -2.78. The highest BCUT2D eigenvalue weighted by atomic mass is 35.5. The van der Waals surface area contributed by atoms with Gasteiger partial charge in [0.25, 0.3) is 5.91 Å². The second-order valence-corrected chi connectivity index (χ2v) is 7.07. The van der Waals surface area contributed by atoms with E-state index in [1.54, 1.807) is 12.1 Å². The molecular formula is C17H11ClF2N4O2S. The molecule has 6 nitrogen and oxygen atoms in total. The molecule has 0 fully saturated rings. The number of amides is 1. The van der Waals surface area contributed by atoms with Crippen LogP contribution in [0.5, 0.6) is 0 Å². The Kier molecular flexibility index (Phi) is 4.40. The molecule has 0 aliphatic heterocycles. The zero-order valence-electron chi connectivity index (χ0n) is 13.5. The smallest absolute Gasteiger partial charge is 0.364 e. The number of nitrogens with one attached hydrogen (secondary N) is 1. The van der Waals surface area contributed by atoms with Gasteiger partial charge < -0.3 is 9.73 Å². The van der Waals surface area contributed by atoms with E-state index in [4.69, 9.17) is 16.0 Å². The van der Waals surface area contributed by atoms with Gasteiger partial charge in [0.05, 0.1) is 12.8 Å². The molecule has 138 valence electrons. The number of aromatic nitrogens is 3. The molecule has 0 spiro atoms. The van der Waals surface area contributed by atoms with Crippen molar-refractivity contribution in [2.24, 2.45) is 0 Å². The van der Waals surface area contributed by atoms with Crippen molar-refractivity contribution in [3.8, 4) is 11.5 Å². The normalized spacial score (nSPS) is 11.8. The summed E-state index contributed by atoms with van der Waals surface area (Å²) in [4.78, 5) is 17.5. The molecule has 0 saturated carbocycles. The van der Waals surface area contributed by atoms with E-state index in [1.807, 2.05) is 17.5 Å². The van der Waals surface area contributed by atoms with E-state index in [1.165, 1.54) is 23.7 Å². The predicted molar refractivity (Wildman–Crippen MR) is 95.9 cm³/mol. The number of halogens is 3. The van der Waals surface area contributed by atoms with E-state index in [2.05, 4.69) is 15.4 Å². The Morgan fingerprint density at radius 3 is 2.85 bits per heavy atom. The van der Waals surface area contributed by atoms with Crippen LogP contribution in [0, 0.1) is 0 Å². The van der Waals surface area contributed by atoms with E-state index >= 15 is 0 Å². The van der Waals surface area contributed by atoms with Gasteiger partial charge in [-0.05, 0) is 41.2 Å². The van der Waals surface area contributed by atoms with Crippen molar-refractivity contribution in [1.82, 2.24) is 19.9 Å². The highest BCUT2D eigenvalue weighted by molar-refractivity contribution is 7.09. The third-order valence-electron chi connectivity index (χ3n) is 3.73. The van der Waals surface area contributed by atoms with E-state index in [-0.39, 0.29) is 17.0 Å². The number of furan rings is 1. The zero-order valence-corrected chi connectivity index (χ0v) is 15.1. The number of fused-ring (bicyclic) bond motifs is 1. The quantitative estimate of drug-likeness (QED) is 0.500. The summed E-state index contributed by atoms with van der Waals surface area (Å²) >= 11 is 6.73. The first-order chi connectivity index (χ1) is 12.9. The van der Waals surface area contributed by atoms with Gasteiger partial charge in [0.1, 0.15) is 11.4 Å². The van der Waals surface area contributed by atoms with Crippen molar-refractivity contribution in [3.63, 3.8) is 0 Å². The van der Waals surface area contributed by atoms with Gasteiger partial charge in [0, 0.05) is 10.9 Å². The van der Waals surface area contributed by atoms with E-state index in [0.717, 1.165) is 15.5 Å². The molecule has 4 rings (SSSR count). The Balaban J connectivity index is 1.73. The summed E-state index contributed by atoms with van der Waals surface area (Å²) in [7, 11) is 0. The molecule has 4 heterocycles. The van der Waals surface area contributed by atoms with Crippen molar-refractivity contribution in [3.05, 3.63) is 64.3 Å². The largest absolute Gasteiger partial charge is 0.463 e. The number of hydrogen-bond donors (Lipinski definition) is 1. The maximum absolute atomic E-state index is 13.9. The van der Waals surface area contributed by atoms with E-state index < -0.39 is 17.0 Å². The number of alkyl halides is 3. The minimum Gasteiger partial charge on any atom is -0.463 e. The molecule has 0 atom stereocenters. The monoisotopic (exact) mass is 408 g/mol.